The summed E-state index contributed by atoms with van der Waals surface area (Å²) >= 11 is 0. The topological polar surface area (TPSA) is 102 Å². The largest absolute Gasteiger partial charge is 0.448 e. The summed E-state index contributed by atoms with van der Waals surface area (Å²) in [4.78, 5) is 21.1. The minimum absolute atomic E-state index is 0.119. The molecular weight excluding hydrogens is 291 g/mol. The van der Waals surface area contributed by atoms with Crippen LogP contribution in [-0.2, 0) is 20.6 Å². The lowest BCUT2D eigenvalue weighted by Crippen LogP contribution is -2.14. The highest BCUT2D eigenvalue weighted by molar-refractivity contribution is 7.98. The van der Waals surface area contributed by atoms with Crippen LogP contribution in [-0.4, -0.2) is 28.4 Å². The van der Waals surface area contributed by atoms with Gasteiger partial charge < -0.3 is 9.29 Å². The van der Waals surface area contributed by atoms with Gasteiger partial charge in [-0.15, -0.1) is 0 Å². The lowest BCUT2D eigenvalue weighted by molar-refractivity contribution is -0.385. The fraction of sp³-hybridized carbons (Fsp3) is 0.364. The number of thiol groups is 1. The van der Waals surface area contributed by atoms with Crippen LogP contribution in [0.2, 0.25) is 0 Å². The monoisotopic (exact) mass is 306 g/mol. The number of non-ortho nitro benzene ring substituents is 1. The summed E-state index contributed by atoms with van der Waals surface area (Å²) in [5.41, 5.74) is -0.223. The van der Waals surface area contributed by atoms with Gasteiger partial charge in [-0.2, -0.15) is 4.36 Å². The maximum atomic E-state index is 13.3. The van der Waals surface area contributed by atoms with E-state index in [1.807, 2.05) is 0 Å². The Labute approximate surface area is 115 Å². The van der Waals surface area contributed by atoms with E-state index < -0.39 is 32.6 Å². The van der Waals surface area contributed by atoms with Crippen molar-refractivity contribution >= 4 is 21.9 Å². The molecular formula is C11H15FN2O5S. The lowest BCUT2D eigenvalue weighted by Gasteiger charge is -2.17. The molecule has 0 saturated carbocycles. The standard InChI is InChI=1S/C11H15FN2O5S/c1-3-19-11(15)13-20(2,18)7-8-4-9(12)6-10(5-8)14(16)17/h4-6,20H,3,7H2,1-2H3,(H,13,15,18). The number of nitro groups is 1. The molecule has 1 aromatic carbocycles. The number of hydrogen-bond acceptors (Lipinski definition) is 4. The van der Waals surface area contributed by atoms with Crippen LogP contribution in [0.25, 0.3) is 0 Å². The minimum atomic E-state index is -3.06. The number of nitrogens with zero attached hydrogens (tertiary/aromatic N) is 2. The second kappa shape index (κ2) is 6.53. The van der Waals surface area contributed by atoms with Crippen molar-refractivity contribution in [3.8, 4) is 0 Å². The van der Waals surface area contributed by atoms with Gasteiger partial charge in [0.1, 0.15) is 5.82 Å². The van der Waals surface area contributed by atoms with Gasteiger partial charge >= 0.3 is 6.09 Å². The van der Waals surface area contributed by atoms with E-state index in [0.717, 1.165) is 18.2 Å². The van der Waals surface area contributed by atoms with Gasteiger partial charge in [0.15, 0.2) is 0 Å². The van der Waals surface area contributed by atoms with Crippen molar-refractivity contribution in [1.82, 2.24) is 0 Å². The zero-order valence-electron chi connectivity index (χ0n) is 10.9. The zero-order valence-corrected chi connectivity index (χ0v) is 11.8. The first-order valence-corrected chi connectivity index (χ1v) is 7.98. The third-order valence-corrected chi connectivity index (χ3v) is 3.76. The van der Waals surface area contributed by atoms with Crippen molar-refractivity contribution in [2.24, 2.45) is 4.36 Å². The Morgan fingerprint density at radius 1 is 1.55 bits per heavy atom. The molecule has 0 aliphatic heterocycles. The fourth-order valence-electron chi connectivity index (χ4n) is 1.54. The summed E-state index contributed by atoms with van der Waals surface area (Å²) in [5, 5.41) is 10.6. The average Bonchev–Trinajstić information content (AvgIpc) is 2.26. The molecule has 0 unspecified atom stereocenters. The summed E-state index contributed by atoms with van der Waals surface area (Å²) in [6.45, 7) is 1.71. The Balaban J connectivity index is 3.03. The van der Waals surface area contributed by atoms with Crippen LogP contribution in [0.4, 0.5) is 14.9 Å². The molecule has 112 valence electrons. The molecule has 0 aliphatic carbocycles. The van der Waals surface area contributed by atoms with Gasteiger partial charge in [0.25, 0.3) is 5.69 Å². The average molecular weight is 306 g/mol. The highest BCUT2D eigenvalue weighted by Gasteiger charge is 2.14. The molecule has 0 spiro atoms. The Kier molecular flexibility index (Phi) is 5.28. The Morgan fingerprint density at radius 3 is 2.75 bits per heavy atom. The van der Waals surface area contributed by atoms with E-state index in [-0.39, 0.29) is 17.9 Å². The smallest absolute Gasteiger partial charge is 0.439 e. The highest BCUT2D eigenvalue weighted by atomic mass is 32.3. The molecule has 0 aliphatic rings. The molecule has 1 aromatic rings. The van der Waals surface area contributed by atoms with Crippen LogP contribution in [0.3, 0.4) is 0 Å². The first-order chi connectivity index (χ1) is 9.23. The van der Waals surface area contributed by atoms with Gasteiger partial charge in [-0.25, -0.2) is 9.18 Å². The fourth-order valence-corrected chi connectivity index (χ4v) is 2.89. The number of rotatable bonds is 4. The van der Waals surface area contributed by atoms with E-state index in [2.05, 4.69) is 9.10 Å². The summed E-state index contributed by atoms with van der Waals surface area (Å²) in [7, 11) is -3.06. The number of carbonyl (C=O) groups excluding carboxylic acids is 1. The second-order valence-corrected chi connectivity index (χ2v) is 6.81. The van der Waals surface area contributed by atoms with E-state index >= 15 is 0 Å². The summed E-state index contributed by atoms with van der Waals surface area (Å²) < 4.78 is 31.4. The van der Waals surface area contributed by atoms with Gasteiger partial charge in [-0.3, -0.25) is 10.1 Å². The number of amides is 1. The molecule has 9 heteroatoms. The van der Waals surface area contributed by atoms with Crippen LogP contribution in [0.15, 0.2) is 22.6 Å². The Bertz CT molecular complexity index is 584. The van der Waals surface area contributed by atoms with E-state index in [1.165, 1.54) is 6.26 Å². The maximum Gasteiger partial charge on any atom is 0.439 e. The summed E-state index contributed by atoms with van der Waals surface area (Å²) in [5.74, 6) is -0.935. The van der Waals surface area contributed by atoms with E-state index in [1.54, 1.807) is 6.92 Å². The van der Waals surface area contributed by atoms with E-state index in [0.29, 0.717) is 0 Å². The van der Waals surface area contributed by atoms with Crippen molar-refractivity contribution in [2.45, 2.75) is 12.7 Å². The summed E-state index contributed by atoms with van der Waals surface area (Å²) in [6.07, 6.45) is 0.428. The predicted octanol–water partition coefficient (Wildman–Crippen LogP) is 2.56. The van der Waals surface area contributed by atoms with Gasteiger partial charge in [-0.1, -0.05) is 10.1 Å². The first kappa shape index (κ1) is 16.2. The summed E-state index contributed by atoms with van der Waals surface area (Å²) in [6, 6.07) is 2.97. The van der Waals surface area contributed by atoms with E-state index in [4.69, 9.17) is 0 Å². The highest BCUT2D eigenvalue weighted by Crippen LogP contribution is 2.20. The van der Waals surface area contributed by atoms with Crippen LogP contribution in [0.1, 0.15) is 12.5 Å². The van der Waals surface area contributed by atoms with Crippen LogP contribution < -0.4 is 0 Å². The van der Waals surface area contributed by atoms with Gasteiger partial charge in [0.05, 0.1) is 17.6 Å². The van der Waals surface area contributed by atoms with Gasteiger partial charge in [-0.05, 0) is 24.8 Å². The number of halogens is 1. The molecule has 0 saturated heterocycles. The van der Waals surface area contributed by atoms with Crippen molar-refractivity contribution in [2.75, 3.05) is 12.9 Å². The maximum absolute atomic E-state index is 13.3. The molecule has 0 atom stereocenters. The van der Waals surface area contributed by atoms with Crippen molar-refractivity contribution in [3.63, 3.8) is 0 Å². The SMILES string of the molecule is CCOC(=O)N=[SH](C)(O)Cc1cc(F)cc([N+](=O)[O-])c1. The molecule has 20 heavy (non-hydrogen) atoms. The molecule has 0 fully saturated rings. The predicted molar refractivity (Wildman–Crippen MR) is 73.5 cm³/mol. The third-order valence-electron chi connectivity index (χ3n) is 2.20. The molecule has 7 nitrogen and oxygen atoms in total. The molecule has 0 aromatic heterocycles. The number of carbonyl (C=O) groups is 1. The molecule has 0 radical (unpaired) electrons. The number of hydrogen-bond donors (Lipinski definition) is 2. The minimum Gasteiger partial charge on any atom is -0.448 e. The lowest BCUT2D eigenvalue weighted by atomic mass is 10.2. The number of benzene rings is 1. The number of nitro benzene ring substituents is 1. The molecule has 1 amide bonds. The quantitative estimate of drug-likeness (QED) is 0.505. The Hall–Kier alpha value is -1.87. The first-order valence-electron chi connectivity index (χ1n) is 5.65. The van der Waals surface area contributed by atoms with Crippen LogP contribution in [0.5, 0.6) is 0 Å². The normalized spacial score (nSPS) is 11.8. The van der Waals surface area contributed by atoms with Crippen molar-refractivity contribution in [1.29, 1.82) is 0 Å². The van der Waals surface area contributed by atoms with Crippen molar-refractivity contribution in [3.05, 3.63) is 39.7 Å². The molecule has 0 heterocycles. The van der Waals surface area contributed by atoms with Gasteiger partial charge in [0, 0.05) is 11.8 Å². The number of ether oxygens (including phenoxy) is 1. The van der Waals surface area contributed by atoms with E-state index in [9.17, 15) is 23.9 Å². The second-order valence-electron chi connectivity index (χ2n) is 4.12. The van der Waals surface area contributed by atoms with Crippen molar-refractivity contribution < 1.29 is 23.4 Å². The Morgan fingerprint density at radius 2 is 2.20 bits per heavy atom. The molecule has 1 rings (SSSR count). The van der Waals surface area contributed by atoms with Crippen LogP contribution in [0, 0.1) is 15.9 Å². The molecule has 0 bridgehead atoms. The molecule has 1 N–H and O–H groups in total. The zero-order chi connectivity index (χ0) is 15.3. The third kappa shape index (κ3) is 5.02. The van der Waals surface area contributed by atoms with Crippen LogP contribution >= 0.6 is 0 Å². The van der Waals surface area contributed by atoms with Gasteiger partial charge in [0.2, 0.25) is 0 Å².